The van der Waals surface area contributed by atoms with Gasteiger partial charge in [-0.25, -0.2) is 0 Å². The second-order valence-corrected chi connectivity index (χ2v) is 12.3. The molecule has 1 aliphatic heterocycles. The maximum atomic E-state index is 13.0. The minimum atomic E-state index is -4.79. The van der Waals surface area contributed by atoms with Crippen LogP contribution in [0.4, 0.5) is 18.9 Å². The third-order valence-electron chi connectivity index (χ3n) is 6.19. The fraction of sp³-hybridized carbons (Fsp3) is 0.360. The Labute approximate surface area is 206 Å². The van der Waals surface area contributed by atoms with Crippen LogP contribution in [0.2, 0.25) is 0 Å². The molecule has 190 valence electrons. The van der Waals surface area contributed by atoms with Gasteiger partial charge in [-0.2, -0.15) is 5.26 Å². The highest BCUT2D eigenvalue weighted by Crippen LogP contribution is 2.37. The van der Waals surface area contributed by atoms with E-state index in [9.17, 15) is 27.8 Å². The van der Waals surface area contributed by atoms with E-state index in [2.05, 4.69) is 4.74 Å². The summed E-state index contributed by atoms with van der Waals surface area (Å²) in [5.74, 6) is -0.0891. The van der Waals surface area contributed by atoms with Crippen molar-refractivity contribution in [2.24, 2.45) is 7.05 Å². The predicted octanol–water partition coefficient (Wildman–Crippen LogP) is 4.60. The Kier molecular flexibility index (Phi) is 6.80. The first-order chi connectivity index (χ1) is 16.9. The van der Waals surface area contributed by atoms with Crippen LogP contribution in [0.15, 0.2) is 47.3 Å². The summed E-state index contributed by atoms with van der Waals surface area (Å²) in [5, 5.41) is 11.2. The Morgan fingerprint density at radius 2 is 1.75 bits per heavy atom. The second-order valence-electron chi connectivity index (χ2n) is 9.08. The molecule has 4 rings (SSSR count). The zero-order chi connectivity index (χ0) is 26.3. The molecule has 1 fully saturated rings. The molecule has 0 atom stereocenters. The summed E-state index contributed by atoms with van der Waals surface area (Å²) >= 11 is 0. The van der Waals surface area contributed by atoms with E-state index in [1.54, 1.807) is 44.6 Å². The van der Waals surface area contributed by atoms with Crippen LogP contribution in [0, 0.1) is 11.3 Å². The molecule has 2 aromatic carbocycles. The van der Waals surface area contributed by atoms with Crippen molar-refractivity contribution in [3.05, 3.63) is 58.4 Å². The van der Waals surface area contributed by atoms with E-state index in [-0.39, 0.29) is 23.2 Å². The maximum Gasteiger partial charge on any atom is 0.573 e. The highest BCUT2D eigenvalue weighted by molar-refractivity contribution is 7.70. The maximum absolute atomic E-state index is 13.0. The molecule has 0 N–H and O–H groups in total. The van der Waals surface area contributed by atoms with Crippen LogP contribution in [0.5, 0.6) is 11.5 Å². The lowest BCUT2D eigenvalue weighted by molar-refractivity contribution is -0.274. The van der Waals surface area contributed by atoms with Crippen molar-refractivity contribution >= 4 is 29.0 Å². The minimum absolute atomic E-state index is 0.0327. The zero-order valence-corrected chi connectivity index (χ0v) is 20.9. The van der Waals surface area contributed by atoms with Crippen molar-refractivity contribution < 1.29 is 27.2 Å². The van der Waals surface area contributed by atoms with Gasteiger partial charge in [-0.05, 0) is 37.6 Å². The lowest BCUT2D eigenvalue weighted by atomic mass is 10.0. The number of halogens is 3. The van der Waals surface area contributed by atoms with Crippen molar-refractivity contribution in [3.8, 4) is 17.6 Å². The molecule has 0 radical (unpaired) electrons. The van der Waals surface area contributed by atoms with Gasteiger partial charge in [-0.1, -0.05) is 12.1 Å². The molecular weight excluding hydrogens is 494 g/mol. The molecule has 1 saturated heterocycles. The molecule has 36 heavy (non-hydrogen) atoms. The van der Waals surface area contributed by atoms with Gasteiger partial charge in [0.2, 0.25) is 0 Å². The number of anilines is 1. The number of nitrogens with zero attached hydrogens (tertiary/aromatic N) is 3. The van der Waals surface area contributed by atoms with Crippen molar-refractivity contribution in [3.63, 3.8) is 0 Å². The topological polar surface area (TPSA) is 84.6 Å². The summed E-state index contributed by atoms with van der Waals surface area (Å²) in [7, 11) is -0.973. The molecule has 0 spiro atoms. The van der Waals surface area contributed by atoms with Crippen molar-refractivity contribution in [1.82, 2.24) is 4.57 Å². The molecule has 11 heteroatoms. The lowest BCUT2D eigenvalue weighted by Gasteiger charge is -2.35. The number of nitriles is 1. The molecular formula is C25H25F3N3O4P. The molecule has 1 aliphatic rings. The number of aromatic nitrogens is 1. The van der Waals surface area contributed by atoms with E-state index >= 15 is 0 Å². The molecule has 0 aliphatic carbocycles. The average molecular weight is 519 g/mol. The SMILES string of the molecule is Cn1c(=O)c(C#N)c(N2CCC(Oc3cccc(OC(F)(F)F)c3)CC2)c2ccc(P(C)(C)=O)cc21. The van der Waals surface area contributed by atoms with Crippen LogP contribution in [-0.4, -0.2) is 43.5 Å². The fourth-order valence-electron chi connectivity index (χ4n) is 4.41. The number of ether oxygens (including phenoxy) is 2. The van der Waals surface area contributed by atoms with Gasteiger partial charge >= 0.3 is 6.36 Å². The monoisotopic (exact) mass is 519 g/mol. The second kappa shape index (κ2) is 9.55. The van der Waals surface area contributed by atoms with Crippen LogP contribution in [0.3, 0.4) is 0 Å². The number of piperidine rings is 1. The average Bonchev–Trinajstić information content (AvgIpc) is 2.80. The van der Waals surface area contributed by atoms with Crippen LogP contribution < -0.4 is 25.2 Å². The van der Waals surface area contributed by atoms with Gasteiger partial charge in [0, 0.05) is 49.7 Å². The minimum Gasteiger partial charge on any atom is -0.490 e. The van der Waals surface area contributed by atoms with Crippen molar-refractivity contribution in [1.29, 1.82) is 5.26 Å². The molecule has 0 amide bonds. The third-order valence-corrected chi connectivity index (χ3v) is 7.71. The lowest BCUT2D eigenvalue weighted by Crippen LogP contribution is -2.40. The van der Waals surface area contributed by atoms with E-state index < -0.39 is 19.1 Å². The molecule has 7 nitrogen and oxygen atoms in total. The van der Waals surface area contributed by atoms with Gasteiger partial charge in [0.1, 0.15) is 36.4 Å². The number of pyridine rings is 1. The van der Waals surface area contributed by atoms with Crippen LogP contribution in [0.1, 0.15) is 18.4 Å². The molecule has 1 aromatic heterocycles. The Hall–Kier alpha value is -3.44. The summed E-state index contributed by atoms with van der Waals surface area (Å²) in [6, 6.07) is 12.7. The first-order valence-electron chi connectivity index (χ1n) is 11.3. The first-order valence-corrected chi connectivity index (χ1v) is 13.9. The van der Waals surface area contributed by atoms with Crippen molar-refractivity contribution in [2.45, 2.75) is 25.3 Å². The van der Waals surface area contributed by atoms with Crippen LogP contribution in [-0.2, 0) is 11.6 Å². The highest BCUT2D eigenvalue weighted by Gasteiger charge is 2.31. The van der Waals surface area contributed by atoms with Crippen molar-refractivity contribution in [2.75, 3.05) is 31.3 Å². The van der Waals surface area contributed by atoms with Gasteiger partial charge in [-0.3, -0.25) is 4.79 Å². The van der Waals surface area contributed by atoms with E-state index in [0.717, 1.165) is 0 Å². The quantitative estimate of drug-likeness (QED) is 0.458. The molecule has 0 bridgehead atoms. The molecule has 2 heterocycles. The molecule has 0 saturated carbocycles. The van der Waals surface area contributed by atoms with E-state index in [4.69, 9.17) is 4.74 Å². The Bertz CT molecular complexity index is 1450. The first kappa shape index (κ1) is 25.6. The Balaban J connectivity index is 1.59. The third kappa shape index (κ3) is 5.36. The Morgan fingerprint density at radius 3 is 2.36 bits per heavy atom. The fourth-order valence-corrected chi connectivity index (χ4v) is 5.28. The van der Waals surface area contributed by atoms with Gasteiger partial charge in [0.15, 0.2) is 0 Å². The number of alkyl halides is 3. The van der Waals surface area contributed by atoms with Gasteiger partial charge in [0.05, 0.1) is 11.2 Å². The normalized spacial score (nSPS) is 15.1. The van der Waals surface area contributed by atoms with Gasteiger partial charge in [0.25, 0.3) is 5.56 Å². The number of benzene rings is 2. The largest absolute Gasteiger partial charge is 0.573 e. The standard InChI is InChI=1S/C25H25F3N3O4P/c1-30-22-14-19(36(2,3)33)7-8-20(22)23(21(15-29)24(30)32)31-11-9-16(10-12-31)34-17-5-4-6-18(13-17)35-25(26,27)28/h4-8,13-14,16H,9-12H2,1-3H3. The van der Waals surface area contributed by atoms with Crippen LogP contribution in [0.25, 0.3) is 10.9 Å². The summed E-state index contributed by atoms with van der Waals surface area (Å²) in [6.07, 6.45) is -3.99. The van der Waals surface area contributed by atoms with Crippen LogP contribution >= 0.6 is 7.14 Å². The Morgan fingerprint density at radius 1 is 1.08 bits per heavy atom. The highest BCUT2D eigenvalue weighted by atomic mass is 31.2. The van der Waals surface area contributed by atoms with E-state index in [1.165, 1.54) is 22.8 Å². The number of aryl methyl sites for hydroxylation is 1. The number of rotatable bonds is 5. The van der Waals surface area contributed by atoms with E-state index in [1.807, 2.05) is 11.0 Å². The number of hydrogen-bond donors (Lipinski definition) is 0. The number of hydrogen-bond acceptors (Lipinski definition) is 6. The summed E-state index contributed by atoms with van der Waals surface area (Å²) in [4.78, 5) is 15.0. The smallest absolute Gasteiger partial charge is 0.490 e. The summed E-state index contributed by atoms with van der Waals surface area (Å²) in [5.41, 5.74) is 0.725. The van der Waals surface area contributed by atoms with E-state index in [0.29, 0.717) is 47.8 Å². The zero-order valence-electron chi connectivity index (χ0n) is 20.0. The molecule has 0 unspecified atom stereocenters. The number of fused-ring (bicyclic) bond motifs is 1. The van der Waals surface area contributed by atoms with Gasteiger partial charge < -0.3 is 23.5 Å². The van der Waals surface area contributed by atoms with Gasteiger partial charge in [-0.15, -0.1) is 13.2 Å². The summed E-state index contributed by atoms with van der Waals surface area (Å²) < 4.78 is 61.4. The summed E-state index contributed by atoms with van der Waals surface area (Å²) in [6.45, 7) is 4.27. The predicted molar refractivity (Wildman–Crippen MR) is 132 cm³/mol. The molecule has 3 aromatic rings.